The van der Waals surface area contributed by atoms with Gasteiger partial charge in [-0.05, 0) is 37.1 Å². The van der Waals surface area contributed by atoms with Crippen LogP contribution in [0, 0.1) is 13.8 Å². The van der Waals surface area contributed by atoms with Crippen LogP contribution in [0.25, 0.3) is 0 Å². The molecule has 0 unspecified atom stereocenters. The summed E-state index contributed by atoms with van der Waals surface area (Å²) in [5.41, 5.74) is 3.85. The summed E-state index contributed by atoms with van der Waals surface area (Å²) < 4.78 is 5.27. The lowest BCUT2D eigenvalue weighted by molar-refractivity contribution is -0.136. The first kappa shape index (κ1) is 13.1. The lowest BCUT2D eigenvalue weighted by atomic mass is 10.1. The third-order valence-electron chi connectivity index (χ3n) is 2.62. The summed E-state index contributed by atoms with van der Waals surface area (Å²) in [5, 5.41) is 11.7. The molecule has 0 aliphatic carbocycles. The van der Waals surface area contributed by atoms with Gasteiger partial charge in [-0.1, -0.05) is 6.07 Å². The number of nitrogens with zero attached hydrogens (tertiary/aromatic N) is 1. The highest BCUT2D eigenvalue weighted by Crippen LogP contribution is 2.19. The van der Waals surface area contributed by atoms with E-state index in [0.29, 0.717) is 18.1 Å². The number of carboxylic acid groups (broad SMARTS) is 1. The number of oxazole rings is 1. The van der Waals surface area contributed by atoms with Crippen molar-refractivity contribution in [1.82, 2.24) is 4.98 Å². The van der Waals surface area contributed by atoms with E-state index in [1.54, 1.807) is 0 Å². The first-order chi connectivity index (χ1) is 9.02. The molecular formula is C14H16N2O3. The van der Waals surface area contributed by atoms with Crippen molar-refractivity contribution in [2.45, 2.75) is 26.7 Å². The minimum atomic E-state index is -0.841. The van der Waals surface area contributed by atoms with E-state index in [0.717, 1.165) is 16.8 Å². The Balaban J connectivity index is 2.05. The standard InChI is InChI=1S/C14H16N2O3/c1-9-5-10(2)7-12(6-9)16-14-15-11(8-19-14)3-4-13(17)18/h5-8H,3-4H2,1-2H3,(H,15,16)(H,17,18). The number of carbonyl (C=O) groups is 1. The van der Waals surface area contributed by atoms with E-state index < -0.39 is 5.97 Å². The Hall–Kier alpha value is -2.30. The fourth-order valence-electron chi connectivity index (χ4n) is 1.88. The van der Waals surface area contributed by atoms with Crippen molar-refractivity contribution in [3.8, 4) is 0 Å². The molecule has 2 N–H and O–H groups in total. The minimum absolute atomic E-state index is 0.0511. The van der Waals surface area contributed by atoms with Crippen LogP contribution in [-0.4, -0.2) is 16.1 Å². The second-order valence-corrected chi connectivity index (χ2v) is 4.54. The molecule has 100 valence electrons. The summed E-state index contributed by atoms with van der Waals surface area (Å²) >= 11 is 0. The van der Waals surface area contributed by atoms with Crippen LogP contribution < -0.4 is 5.32 Å². The number of carboxylic acids is 1. The Morgan fingerprint density at radius 3 is 2.63 bits per heavy atom. The number of aliphatic carboxylic acids is 1. The third-order valence-corrected chi connectivity index (χ3v) is 2.62. The number of nitrogens with one attached hydrogen (secondary N) is 1. The van der Waals surface area contributed by atoms with Gasteiger partial charge in [0.2, 0.25) is 0 Å². The van der Waals surface area contributed by atoms with Gasteiger partial charge in [-0.3, -0.25) is 4.79 Å². The molecule has 0 fully saturated rings. The molecule has 0 aliphatic heterocycles. The second-order valence-electron chi connectivity index (χ2n) is 4.54. The van der Waals surface area contributed by atoms with E-state index in [1.807, 2.05) is 26.0 Å². The lowest BCUT2D eigenvalue weighted by Gasteiger charge is -2.04. The van der Waals surface area contributed by atoms with Gasteiger partial charge in [0, 0.05) is 12.1 Å². The summed E-state index contributed by atoms with van der Waals surface area (Å²) in [6.07, 6.45) is 1.90. The Kier molecular flexibility index (Phi) is 3.85. The number of benzene rings is 1. The molecule has 0 atom stereocenters. The van der Waals surface area contributed by atoms with Gasteiger partial charge in [-0.2, -0.15) is 4.98 Å². The van der Waals surface area contributed by atoms with Crippen molar-refractivity contribution in [1.29, 1.82) is 0 Å². The Labute approximate surface area is 111 Å². The van der Waals surface area contributed by atoms with Crippen LogP contribution in [0.3, 0.4) is 0 Å². The largest absolute Gasteiger partial charge is 0.481 e. The molecule has 1 heterocycles. The lowest BCUT2D eigenvalue weighted by Crippen LogP contribution is -1.98. The zero-order valence-electron chi connectivity index (χ0n) is 10.9. The number of anilines is 2. The summed E-state index contributed by atoms with van der Waals surface area (Å²) in [6.45, 7) is 4.04. The molecule has 1 aromatic heterocycles. The maximum absolute atomic E-state index is 10.5. The number of aromatic nitrogens is 1. The molecular weight excluding hydrogens is 244 g/mol. The fourth-order valence-corrected chi connectivity index (χ4v) is 1.88. The van der Waals surface area contributed by atoms with E-state index in [2.05, 4.69) is 16.4 Å². The van der Waals surface area contributed by atoms with Gasteiger partial charge >= 0.3 is 5.97 Å². The van der Waals surface area contributed by atoms with Crippen LogP contribution in [0.1, 0.15) is 23.2 Å². The van der Waals surface area contributed by atoms with Crippen LogP contribution in [0.15, 0.2) is 28.9 Å². The monoisotopic (exact) mass is 260 g/mol. The molecule has 0 spiro atoms. The predicted octanol–water partition coefficient (Wildman–Crippen LogP) is 3.05. The average molecular weight is 260 g/mol. The van der Waals surface area contributed by atoms with Gasteiger partial charge in [0.25, 0.3) is 6.01 Å². The summed E-state index contributed by atoms with van der Waals surface area (Å²) in [5.74, 6) is -0.841. The molecule has 0 amide bonds. The van der Waals surface area contributed by atoms with Crippen LogP contribution in [0.5, 0.6) is 0 Å². The molecule has 0 bridgehead atoms. The molecule has 0 aliphatic rings. The van der Waals surface area contributed by atoms with Crippen molar-refractivity contribution in [2.75, 3.05) is 5.32 Å². The van der Waals surface area contributed by atoms with Gasteiger partial charge in [-0.25, -0.2) is 0 Å². The highest BCUT2D eigenvalue weighted by Gasteiger charge is 2.06. The highest BCUT2D eigenvalue weighted by atomic mass is 16.4. The average Bonchev–Trinajstić information content (AvgIpc) is 2.72. The molecule has 5 nitrogen and oxygen atoms in total. The minimum Gasteiger partial charge on any atom is -0.481 e. The Bertz CT molecular complexity index is 570. The SMILES string of the molecule is Cc1cc(C)cc(Nc2nc(CCC(=O)O)co2)c1. The van der Waals surface area contributed by atoms with E-state index in [1.165, 1.54) is 6.26 Å². The Morgan fingerprint density at radius 2 is 2.00 bits per heavy atom. The second kappa shape index (κ2) is 5.56. The molecule has 0 radical (unpaired) electrons. The summed E-state index contributed by atoms with van der Waals surface area (Å²) in [4.78, 5) is 14.7. The quantitative estimate of drug-likeness (QED) is 0.864. The van der Waals surface area contributed by atoms with Gasteiger partial charge < -0.3 is 14.8 Å². The molecule has 2 rings (SSSR count). The van der Waals surface area contributed by atoms with Crippen molar-refractivity contribution < 1.29 is 14.3 Å². The van der Waals surface area contributed by atoms with Gasteiger partial charge in [0.15, 0.2) is 0 Å². The maximum Gasteiger partial charge on any atom is 0.303 e. The van der Waals surface area contributed by atoms with E-state index >= 15 is 0 Å². The third kappa shape index (κ3) is 3.84. The Morgan fingerprint density at radius 1 is 1.32 bits per heavy atom. The fraction of sp³-hybridized carbons (Fsp3) is 0.286. The van der Waals surface area contributed by atoms with Crippen LogP contribution in [0.4, 0.5) is 11.7 Å². The zero-order chi connectivity index (χ0) is 13.8. The summed E-state index contributed by atoms with van der Waals surface area (Å²) in [7, 11) is 0. The van der Waals surface area contributed by atoms with Gasteiger partial charge in [0.1, 0.15) is 6.26 Å². The molecule has 0 saturated carbocycles. The van der Waals surface area contributed by atoms with Crippen molar-refractivity contribution in [3.63, 3.8) is 0 Å². The molecule has 0 saturated heterocycles. The normalized spacial score (nSPS) is 10.4. The summed E-state index contributed by atoms with van der Waals surface area (Å²) in [6, 6.07) is 6.45. The van der Waals surface area contributed by atoms with E-state index in [4.69, 9.17) is 9.52 Å². The zero-order valence-corrected chi connectivity index (χ0v) is 10.9. The number of aryl methyl sites for hydroxylation is 3. The van der Waals surface area contributed by atoms with E-state index in [-0.39, 0.29) is 6.42 Å². The first-order valence-corrected chi connectivity index (χ1v) is 6.04. The van der Waals surface area contributed by atoms with Crippen molar-refractivity contribution in [3.05, 3.63) is 41.3 Å². The molecule has 19 heavy (non-hydrogen) atoms. The van der Waals surface area contributed by atoms with Crippen LogP contribution in [-0.2, 0) is 11.2 Å². The molecule has 1 aromatic carbocycles. The predicted molar refractivity (Wildman–Crippen MR) is 71.7 cm³/mol. The van der Waals surface area contributed by atoms with Crippen LogP contribution in [0.2, 0.25) is 0 Å². The van der Waals surface area contributed by atoms with Gasteiger partial charge in [-0.15, -0.1) is 0 Å². The van der Waals surface area contributed by atoms with Crippen LogP contribution >= 0.6 is 0 Å². The first-order valence-electron chi connectivity index (χ1n) is 6.04. The number of hydrogen-bond acceptors (Lipinski definition) is 4. The van der Waals surface area contributed by atoms with E-state index in [9.17, 15) is 4.79 Å². The van der Waals surface area contributed by atoms with Crippen molar-refractivity contribution in [2.24, 2.45) is 0 Å². The topological polar surface area (TPSA) is 75.4 Å². The van der Waals surface area contributed by atoms with Gasteiger partial charge in [0.05, 0.1) is 12.1 Å². The number of hydrogen-bond donors (Lipinski definition) is 2. The van der Waals surface area contributed by atoms with Crippen molar-refractivity contribution >= 4 is 17.7 Å². The smallest absolute Gasteiger partial charge is 0.303 e. The molecule has 2 aromatic rings. The highest BCUT2D eigenvalue weighted by molar-refractivity contribution is 5.67. The number of rotatable bonds is 5. The molecule has 5 heteroatoms. The maximum atomic E-state index is 10.5.